The third-order valence-corrected chi connectivity index (χ3v) is 3.60. The molecule has 0 spiro atoms. The fraction of sp³-hybridized carbons (Fsp3) is 0.429. The molecule has 0 atom stereocenters. The molecular weight excluding hydrogens is 266 g/mol. The highest BCUT2D eigenvalue weighted by atomic mass is 35.5. The van der Waals surface area contributed by atoms with Gasteiger partial charge in [-0.3, -0.25) is 4.79 Å². The third-order valence-electron chi connectivity index (χ3n) is 3.38. The van der Waals surface area contributed by atoms with Crippen LogP contribution in [0.5, 0.6) is 0 Å². The van der Waals surface area contributed by atoms with E-state index < -0.39 is 5.97 Å². The van der Waals surface area contributed by atoms with Crippen LogP contribution in [-0.2, 0) is 4.79 Å². The molecule has 0 aliphatic heterocycles. The molecule has 0 bridgehead atoms. The predicted molar refractivity (Wildman–Crippen MR) is 73.6 cm³/mol. The summed E-state index contributed by atoms with van der Waals surface area (Å²) in [7, 11) is 0. The normalized spacial score (nSPS) is 15.4. The van der Waals surface area contributed by atoms with Crippen molar-refractivity contribution in [1.82, 2.24) is 0 Å². The maximum atomic E-state index is 11.9. The quantitative estimate of drug-likeness (QED) is 0.887. The van der Waals surface area contributed by atoms with E-state index in [0.29, 0.717) is 23.0 Å². The number of nitrogens with one attached hydrogen (secondary N) is 1. The first-order valence-corrected chi connectivity index (χ1v) is 6.76. The molecule has 5 heteroatoms. The number of anilines is 1. The Morgan fingerprint density at radius 2 is 1.95 bits per heavy atom. The van der Waals surface area contributed by atoms with Gasteiger partial charge < -0.3 is 10.4 Å². The number of carbonyl (C=O) groups is 2. The van der Waals surface area contributed by atoms with Gasteiger partial charge in [-0.05, 0) is 37.0 Å². The summed E-state index contributed by atoms with van der Waals surface area (Å²) in [6.07, 6.45) is 5.08. The second-order valence-electron chi connectivity index (χ2n) is 4.94. The van der Waals surface area contributed by atoms with Crippen LogP contribution in [0.25, 0.3) is 0 Å². The summed E-state index contributed by atoms with van der Waals surface area (Å²) in [4.78, 5) is 22.8. The van der Waals surface area contributed by atoms with E-state index in [1.165, 1.54) is 25.0 Å². The van der Waals surface area contributed by atoms with Gasteiger partial charge in [0.2, 0.25) is 5.91 Å². The van der Waals surface area contributed by atoms with Gasteiger partial charge in [-0.25, -0.2) is 4.79 Å². The minimum Gasteiger partial charge on any atom is -0.478 e. The van der Waals surface area contributed by atoms with Crippen molar-refractivity contribution in [2.45, 2.75) is 32.1 Å². The van der Waals surface area contributed by atoms with Gasteiger partial charge in [0.05, 0.1) is 5.56 Å². The Bertz CT molecular complexity index is 495. The predicted octanol–water partition coefficient (Wildman–Crippen LogP) is 3.56. The van der Waals surface area contributed by atoms with E-state index in [9.17, 15) is 9.59 Å². The molecule has 1 aliphatic carbocycles. The molecule has 4 nitrogen and oxygen atoms in total. The van der Waals surface area contributed by atoms with Crippen LogP contribution in [0.2, 0.25) is 5.02 Å². The van der Waals surface area contributed by atoms with Crippen molar-refractivity contribution in [2.75, 3.05) is 5.32 Å². The molecule has 0 radical (unpaired) electrons. The van der Waals surface area contributed by atoms with Crippen molar-refractivity contribution in [2.24, 2.45) is 5.92 Å². The summed E-state index contributed by atoms with van der Waals surface area (Å²) in [6.45, 7) is 0. The molecule has 0 unspecified atom stereocenters. The first-order valence-electron chi connectivity index (χ1n) is 6.38. The summed E-state index contributed by atoms with van der Waals surface area (Å²) >= 11 is 5.83. The number of halogens is 1. The largest absolute Gasteiger partial charge is 0.478 e. The summed E-state index contributed by atoms with van der Waals surface area (Å²) in [5.41, 5.74) is 0.511. The fourth-order valence-corrected chi connectivity index (χ4v) is 2.71. The average molecular weight is 282 g/mol. The number of rotatable bonds is 4. The van der Waals surface area contributed by atoms with Gasteiger partial charge in [-0.2, -0.15) is 0 Å². The maximum absolute atomic E-state index is 11.9. The minimum atomic E-state index is -1.06. The Hall–Kier alpha value is -1.55. The van der Waals surface area contributed by atoms with Gasteiger partial charge in [-0.1, -0.05) is 24.4 Å². The number of amides is 1. The molecule has 1 aromatic carbocycles. The van der Waals surface area contributed by atoms with Crippen LogP contribution in [0.3, 0.4) is 0 Å². The van der Waals surface area contributed by atoms with Gasteiger partial charge in [-0.15, -0.1) is 0 Å². The monoisotopic (exact) mass is 281 g/mol. The second-order valence-corrected chi connectivity index (χ2v) is 5.37. The lowest BCUT2D eigenvalue weighted by atomic mass is 10.0. The number of benzene rings is 1. The van der Waals surface area contributed by atoms with Crippen LogP contribution in [0.1, 0.15) is 42.5 Å². The van der Waals surface area contributed by atoms with Crippen molar-refractivity contribution in [3.63, 3.8) is 0 Å². The average Bonchev–Trinajstić information content (AvgIpc) is 2.80. The Morgan fingerprint density at radius 1 is 1.26 bits per heavy atom. The maximum Gasteiger partial charge on any atom is 0.335 e. The number of carboxylic acids is 1. The third kappa shape index (κ3) is 3.96. The van der Waals surface area contributed by atoms with Gasteiger partial charge in [0.1, 0.15) is 0 Å². The lowest BCUT2D eigenvalue weighted by molar-refractivity contribution is -0.117. The molecule has 1 aromatic rings. The molecule has 2 N–H and O–H groups in total. The standard InChI is InChI=1S/C14H16ClNO3/c15-11-6-10(14(18)19)7-12(8-11)16-13(17)5-9-3-1-2-4-9/h6-9H,1-5H2,(H,16,17)(H,18,19). The summed E-state index contributed by atoms with van der Waals surface area (Å²) in [6, 6.07) is 4.33. The molecule has 1 aliphatic rings. The highest BCUT2D eigenvalue weighted by molar-refractivity contribution is 6.31. The van der Waals surface area contributed by atoms with Crippen LogP contribution in [0, 0.1) is 5.92 Å². The number of carboxylic acid groups (broad SMARTS) is 1. The molecule has 102 valence electrons. The van der Waals surface area contributed by atoms with Gasteiger partial charge in [0, 0.05) is 17.1 Å². The molecule has 19 heavy (non-hydrogen) atoms. The Balaban J connectivity index is 2.01. The number of carbonyl (C=O) groups excluding carboxylic acids is 1. The second kappa shape index (κ2) is 6.06. The molecule has 0 heterocycles. The lowest BCUT2D eigenvalue weighted by Gasteiger charge is -2.10. The smallest absolute Gasteiger partial charge is 0.335 e. The zero-order chi connectivity index (χ0) is 13.8. The SMILES string of the molecule is O=C(CC1CCCC1)Nc1cc(Cl)cc(C(=O)O)c1. The van der Waals surface area contributed by atoms with Gasteiger partial charge >= 0.3 is 5.97 Å². The van der Waals surface area contributed by atoms with Crippen molar-refractivity contribution in [3.05, 3.63) is 28.8 Å². The molecule has 1 saturated carbocycles. The molecule has 1 amide bonds. The van der Waals surface area contributed by atoms with E-state index in [2.05, 4.69) is 5.32 Å². The summed E-state index contributed by atoms with van der Waals surface area (Å²) < 4.78 is 0. The molecule has 2 rings (SSSR count). The van der Waals surface area contributed by atoms with E-state index in [1.807, 2.05) is 0 Å². The van der Waals surface area contributed by atoms with E-state index in [4.69, 9.17) is 16.7 Å². The molecule has 1 fully saturated rings. The fourth-order valence-electron chi connectivity index (χ4n) is 2.47. The van der Waals surface area contributed by atoms with Gasteiger partial charge in [0.25, 0.3) is 0 Å². The highest BCUT2D eigenvalue weighted by Crippen LogP contribution is 2.28. The molecule has 0 aromatic heterocycles. The zero-order valence-corrected chi connectivity index (χ0v) is 11.2. The van der Waals surface area contributed by atoms with Crippen LogP contribution >= 0.6 is 11.6 Å². The van der Waals surface area contributed by atoms with Crippen LogP contribution in [0.4, 0.5) is 5.69 Å². The first kappa shape index (κ1) is 13.9. The Labute approximate surface area is 116 Å². The number of aromatic carboxylic acids is 1. The first-order chi connectivity index (χ1) is 9.04. The zero-order valence-electron chi connectivity index (χ0n) is 10.5. The van der Waals surface area contributed by atoms with Gasteiger partial charge in [0.15, 0.2) is 0 Å². The van der Waals surface area contributed by atoms with E-state index in [-0.39, 0.29) is 11.5 Å². The van der Waals surface area contributed by atoms with E-state index in [1.54, 1.807) is 6.07 Å². The van der Waals surface area contributed by atoms with Crippen LogP contribution < -0.4 is 5.32 Å². The summed E-state index contributed by atoms with van der Waals surface area (Å²) in [5.74, 6) is -0.683. The summed E-state index contributed by atoms with van der Waals surface area (Å²) in [5, 5.41) is 11.9. The molecular formula is C14H16ClNO3. The number of hydrogen-bond donors (Lipinski definition) is 2. The minimum absolute atomic E-state index is 0.0728. The van der Waals surface area contributed by atoms with E-state index >= 15 is 0 Å². The highest BCUT2D eigenvalue weighted by Gasteiger charge is 2.18. The van der Waals surface area contributed by atoms with Crippen LogP contribution in [-0.4, -0.2) is 17.0 Å². The topological polar surface area (TPSA) is 66.4 Å². The van der Waals surface area contributed by atoms with Crippen LogP contribution in [0.15, 0.2) is 18.2 Å². The number of hydrogen-bond acceptors (Lipinski definition) is 2. The lowest BCUT2D eigenvalue weighted by Crippen LogP contribution is -2.15. The van der Waals surface area contributed by atoms with Crippen molar-refractivity contribution in [1.29, 1.82) is 0 Å². The Morgan fingerprint density at radius 3 is 2.58 bits per heavy atom. The Kier molecular flexibility index (Phi) is 4.43. The van der Waals surface area contributed by atoms with E-state index in [0.717, 1.165) is 12.8 Å². The van der Waals surface area contributed by atoms with Crippen molar-refractivity contribution in [3.8, 4) is 0 Å². The van der Waals surface area contributed by atoms with Crippen molar-refractivity contribution < 1.29 is 14.7 Å². The van der Waals surface area contributed by atoms with Crippen molar-refractivity contribution >= 4 is 29.2 Å². The molecule has 0 saturated heterocycles.